The molecule has 0 aliphatic rings. The van der Waals surface area contributed by atoms with Crippen molar-refractivity contribution >= 4 is 29.0 Å². The monoisotopic (exact) mass is 246 g/mol. The Bertz CT molecular complexity index is 350. The number of hydrogen-bond donors (Lipinski definition) is 2. The summed E-state index contributed by atoms with van der Waals surface area (Å²) in [5.74, 6) is 0.237. The molecule has 0 aliphatic heterocycles. The fourth-order valence-electron chi connectivity index (χ4n) is 0.810. The van der Waals surface area contributed by atoms with E-state index in [0.29, 0.717) is 12.2 Å². The number of amides is 1. The van der Waals surface area contributed by atoms with Gasteiger partial charge in [0.2, 0.25) is 5.91 Å². The molecular weight excluding hydrogens is 232 g/mol. The predicted octanol–water partition coefficient (Wildman–Crippen LogP) is 0.531. The second kappa shape index (κ2) is 4.91. The molecule has 1 rings (SSSR count). The Morgan fingerprint density at radius 1 is 1.60 bits per heavy atom. The van der Waals surface area contributed by atoms with E-state index in [1.165, 1.54) is 11.3 Å². The number of thioether (sulfide) groups is 1. The predicted molar refractivity (Wildman–Crippen MR) is 61.8 cm³/mol. The number of carbonyl (C=O) groups is 1. The van der Waals surface area contributed by atoms with Crippen LogP contribution in [0.2, 0.25) is 0 Å². The fraction of sp³-hybridized carbons (Fsp3) is 0.625. The maximum Gasteiger partial charge on any atom is 0.237 e. The maximum absolute atomic E-state index is 10.9. The minimum absolute atomic E-state index is 0.475. The molecule has 0 aliphatic carbocycles. The van der Waals surface area contributed by atoms with Crippen LogP contribution >= 0.6 is 23.1 Å². The summed E-state index contributed by atoms with van der Waals surface area (Å²) in [5.41, 5.74) is 9.93. The average Bonchev–Trinajstić information content (AvgIpc) is 2.51. The smallest absolute Gasteiger partial charge is 0.237 e. The molecule has 0 bridgehead atoms. The molecule has 7 heteroatoms. The Kier molecular flexibility index (Phi) is 4.06. The van der Waals surface area contributed by atoms with Crippen molar-refractivity contribution in [2.24, 2.45) is 11.5 Å². The molecule has 5 nitrogen and oxygen atoms in total. The maximum atomic E-state index is 10.9. The van der Waals surface area contributed by atoms with E-state index in [1.54, 1.807) is 18.7 Å². The zero-order valence-corrected chi connectivity index (χ0v) is 10.3. The van der Waals surface area contributed by atoms with Gasteiger partial charge < -0.3 is 11.5 Å². The van der Waals surface area contributed by atoms with Gasteiger partial charge in [0.15, 0.2) is 4.34 Å². The number of aryl methyl sites for hydroxylation is 1. The minimum atomic E-state index is -0.938. The summed E-state index contributed by atoms with van der Waals surface area (Å²) in [6, 6.07) is 0. The second-order valence-corrected chi connectivity index (χ2v) is 5.99. The zero-order valence-electron chi connectivity index (χ0n) is 8.69. The summed E-state index contributed by atoms with van der Waals surface area (Å²) in [6.07, 6.45) is 0.533. The van der Waals surface area contributed by atoms with Crippen molar-refractivity contribution in [2.75, 3.05) is 5.75 Å². The van der Waals surface area contributed by atoms with Crippen LogP contribution in [0, 0.1) is 6.92 Å². The molecule has 0 fully saturated rings. The van der Waals surface area contributed by atoms with Gasteiger partial charge in [0.05, 0.1) is 5.54 Å². The number of rotatable bonds is 5. The van der Waals surface area contributed by atoms with E-state index in [2.05, 4.69) is 10.2 Å². The molecule has 15 heavy (non-hydrogen) atoms. The molecule has 1 aromatic heterocycles. The summed E-state index contributed by atoms with van der Waals surface area (Å²) < 4.78 is 0.896. The van der Waals surface area contributed by atoms with Crippen LogP contribution in [0.25, 0.3) is 0 Å². The number of carbonyl (C=O) groups excluding carboxylic acids is 1. The van der Waals surface area contributed by atoms with E-state index in [4.69, 9.17) is 11.5 Å². The molecule has 1 heterocycles. The van der Waals surface area contributed by atoms with Crippen LogP contribution in [0.1, 0.15) is 18.4 Å². The van der Waals surface area contributed by atoms with Crippen molar-refractivity contribution in [3.05, 3.63) is 5.01 Å². The number of aromatic nitrogens is 2. The van der Waals surface area contributed by atoms with Crippen molar-refractivity contribution in [1.29, 1.82) is 0 Å². The Morgan fingerprint density at radius 3 is 2.73 bits per heavy atom. The Morgan fingerprint density at radius 2 is 2.27 bits per heavy atom. The Labute approximate surface area is 96.6 Å². The van der Waals surface area contributed by atoms with E-state index >= 15 is 0 Å². The molecule has 4 N–H and O–H groups in total. The highest BCUT2D eigenvalue weighted by atomic mass is 32.2. The number of hydrogen-bond acceptors (Lipinski definition) is 6. The van der Waals surface area contributed by atoms with Crippen LogP contribution in [-0.4, -0.2) is 27.4 Å². The van der Waals surface area contributed by atoms with Gasteiger partial charge in [-0.15, -0.1) is 10.2 Å². The number of nitrogens with zero attached hydrogens (tertiary/aromatic N) is 2. The highest BCUT2D eigenvalue weighted by Crippen LogP contribution is 2.23. The lowest BCUT2D eigenvalue weighted by Crippen LogP contribution is -2.49. The SMILES string of the molecule is Cc1nnc(SCCC(C)(N)C(N)=O)s1. The average molecular weight is 246 g/mol. The van der Waals surface area contributed by atoms with Crippen LogP contribution in [0.4, 0.5) is 0 Å². The van der Waals surface area contributed by atoms with Crippen LogP contribution < -0.4 is 11.5 Å². The van der Waals surface area contributed by atoms with Gasteiger partial charge in [-0.05, 0) is 20.3 Å². The van der Waals surface area contributed by atoms with Gasteiger partial charge in [-0.1, -0.05) is 23.1 Å². The molecular formula is C8H14N4OS2. The summed E-state index contributed by atoms with van der Waals surface area (Å²) in [4.78, 5) is 10.9. The zero-order chi connectivity index (χ0) is 11.5. The molecule has 1 amide bonds. The highest BCUT2D eigenvalue weighted by Gasteiger charge is 2.25. The van der Waals surface area contributed by atoms with Gasteiger partial charge in [0.1, 0.15) is 5.01 Å². The summed E-state index contributed by atoms with van der Waals surface area (Å²) in [5, 5.41) is 8.78. The fourth-order valence-corrected chi connectivity index (χ4v) is 2.87. The topological polar surface area (TPSA) is 94.9 Å². The van der Waals surface area contributed by atoms with Crippen LogP contribution in [0.15, 0.2) is 4.34 Å². The summed E-state index contributed by atoms with van der Waals surface area (Å²) >= 11 is 3.07. The molecule has 0 saturated carbocycles. The van der Waals surface area contributed by atoms with E-state index in [-0.39, 0.29) is 0 Å². The molecule has 0 saturated heterocycles. The van der Waals surface area contributed by atoms with Crippen molar-refractivity contribution in [3.63, 3.8) is 0 Å². The third-order valence-corrected chi connectivity index (χ3v) is 3.89. The quantitative estimate of drug-likeness (QED) is 0.739. The first-order valence-electron chi connectivity index (χ1n) is 4.43. The third-order valence-electron chi connectivity index (χ3n) is 1.92. The van der Waals surface area contributed by atoms with Crippen molar-refractivity contribution in [1.82, 2.24) is 10.2 Å². The van der Waals surface area contributed by atoms with Gasteiger partial charge in [-0.25, -0.2) is 0 Å². The first kappa shape index (κ1) is 12.4. The van der Waals surface area contributed by atoms with Gasteiger partial charge in [0.25, 0.3) is 0 Å². The summed E-state index contributed by atoms with van der Waals surface area (Å²) in [7, 11) is 0. The van der Waals surface area contributed by atoms with E-state index in [9.17, 15) is 4.79 Å². The van der Waals surface area contributed by atoms with Crippen molar-refractivity contribution < 1.29 is 4.79 Å². The standard InChI is InChI=1S/C8H14N4OS2/c1-5-11-12-7(15-5)14-4-3-8(2,10)6(9)13/h3-4,10H2,1-2H3,(H2,9,13). The summed E-state index contributed by atoms with van der Waals surface area (Å²) in [6.45, 7) is 3.54. The Balaban J connectivity index is 2.36. The highest BCUT2D eigenvalue weighted by molar-refractivity contribution is 8.01. The lowest BCUT2D eigenvalue weighted by atomic mass is 10.0. The molecule has 0 aromatic carbocycles. The van der Waals surface area contributed by atoms with Gasteiger partial charge in [0, 0.05) is 5.75 Å². The first-order chi connectivity index (χ1) is 6.92. The number of primary amides is 1. The minimum Gasteiger partial charge on any atom is -0.368 e. The van der Waals surface area contributed by atoms with Crippen LogP contribution in [0.3, 0.4) is 0 Å². The normalized spacial score (nSPS) is 14.9. The molecule has 1 unspecified atom stereocenters. The third kappa shape index (κ3) is 3.77. The molecule has 0 radical (unpaired) electrons. The molecule has 1 atom stereocenters. The van der Waals surface area contributed by atoms with Crippen molar-refractivity contribution in [3.8, 4) is 0 Å². The second-order valence-electron chi connectivity index (χ2n) is 3.47. The lowest BCUT2D eigenvalue weighted by Gasteiger charge is -2.19. The molecule has 1 aromatic rings. The Hall–Kier alpha value is -0.660. The van der Waals surface area contributed by atoms with E-state index < -0.39 is 11.4 Å². The molecule has 0 spiro atoms. The van der Waals surface area contributed by atoms with E-state index in [1.807, 2.05) is 6.92 Å². The van der Waals surface area contributed by atoms with E-state index in [0.717, 1.165) is 9.35 Å². The number of nitrogens with two attached hydrogens (primary N) is 2. The first-order valence-corrected chi connectivity index (χ1v) is 6.24. The van der Waals surface area contributed by atoms with Crippen molar-refractivity contribution in [2.45, 2.75) is 30.1 Å². The molecule has 84 valence electrons. The largest absolute Gasteiger partial charge is 0.368 e. The van der Waals surface area contributed by atoms with Gasteiger partial charge in [-0.2, -0.15) is 0 Å². The van der Waals surface area contributed by atoms with Crippen LogP contribution in [-0.2, 0) is 4.79 Å². The van der Waals surface area contributed by atoms with Gasteiger partial charge in [-0.3, -0.25) is 4.79 Å². The lowest BCUT2D eigenvalue weighted by molar-refractivity contribution is -0.122. The van der Waals surface area contributed by atoms with Crippen LogP contribution in [0.5, 0.6) is 0 Å². The van der Waals surface area contributed by atoms with Gasteiger partial charge >= 0.3 is 0 Å².